The summed E-state index contributed by atoms with van der Waals surface area (Å²) in [5.74, 6) is 0.824. The molecule has 0 heterocycles. The summed E-state index contributed by atoms with van der Waals surface area (Å²) < 4.78 is 0. The molecule has 0 rings (SSSR count). The van der Waals surface area contributed by atoms with Gasteiger partial charge in [0, 0.05) is 12.6 Å². The Morgan fingerprint density at radius 2 is 1.70 bits per heavy atom. The van der Waals surface area contributed by atoms with Gasteiger partial charge in [-0.05, 0) is 32.4 Å². The van der Waals surface area contributed by atoms with Gasteiger partial charge in [0.25, 0.3) is 0 Å². The average Bonchev–Trinajstić information content (AvgIpc) is 2.31. The predicted octanol–water partition coefficient (Wildman–Crippen LogP) is 2.30. The minimum absolute atomic E-state index is 0. The molecule has 0 aliphatic heterocycles. The number of halogens is 2. The van der Waals surface area contributed by atoms with Crippen molar-refractivity contribution in [2.24, 2.45) is 17.6 Å². The molecule has 0 aromatic carbocycles. The maximum atomic E-state index is 11.9. The number of amides is 1. The summed E-state index contributed by atoms with van der Waals surface area (Å²) in [7, 11) is 4.10. The molecule has 0 aromatic heterocycles. The van der Waals surface area contributed by atoms with Crippen LogP contribution in [0, 0.1) is 11.8 Å². The smallest absolute Gasteiger partial charge is 0.237 e. The maximum absolute atomic E-state index is 11.9. The molecule has 0 bridgehead atoms. The molecule has 3 unspecified atom stereocenters. The van der Waals surface area contributed by atoms with Crippen molar-refractivity contribution >= 4 is 30.7 Å². The van der Waals surface area contributed by atoms with E-state index in [-0.39, 0.29) is 36.6 Å². The lowest BCUT2D eigenvalue weighted by molar-refractivity contribution is -0.123. The summed E-state index contributed by atoms with van der Waals surface area (Å²) in [6.07, 6.45) is 2.00. The summed E-state index contributed by atoms with van der Waals surface area (Å²) in [6, 6.07) is -0.0186. The Kier molecular flexibility index (Phi) is 15.8. The predicted molar refractivity (Wildman–Crippen MR) is 91.9 cm³/mol. The van der Waals surface area contributed by atoms with Crippen LogP contribution in [-0.4, -0.2) is 43.5 Å². The molecule has 6 heteroatoms. The molecule has 1 amide bonds. The summed E-state index contributed by atoms with van der Waals surface area (Å²) >= 11 is 0. The second-order valence-corrected chi connectivity index (χ2v) is 5.90. The van der Waals surface area contributed by atoms with Crippen molar-refractivity contribution in [1.29, 1.82) is 0 Å². The molecule has 0 fully saturated rings. The number of nitrogens with one attached hydrogen (secondary N) is 1. The Labute approximate surface area is 137 Å². The van der Waals surface area contributed by atoms with E-state index in [9.17, 15) is 4.79 Å². The lowest BCUT2D eigenvalue weighted by atomic mass is 9.99. The molecule has 4 nitrogen and oxygen atoms in total. The zero-order valence-electron chi connectivity index (χ0n) is 13.7. The SMILES string of the molecule is CCC(C)C(N)C(=O)NCC(CC(C)C)N(C)C.Cl.Cl. The first-order valence-electron chi connectivity index (χ1n) is 6.99. The van der Waals surface area contributed by atoms with Crippen LogP contribution in [0.3, 0.4) is 0 Å². The van der Waals surface area contributed by atoms with Crippen molar-refractivity contribution in [3.63, 3.8) is 0 Å². The van der Waals surface area contributed by atoms with Crippen LogP contribution in [0.1, 0.15) is 40.5 Å². The summed E-state index contributed by atoms with van der Waals surface area (Å²) in [6.45, 7) is 9.14. The Morgan fingerprint density at radius 3 is 2.05 bits per heavy atom. The minimum Gasteiger partial charge on any atom is -0.353 e. The highest BCUT2D eigenvalue weighted by molar-refractivity contribution is 5.85. The zero-order chi connectivity index (χ0) is 14.3. The molecule has 0 spiro atoms. The molecule has 20 heavy (non-hydrogen) atoms. The first-order valence-corrected chi connectivity index (χ1v) is 6.99. The normalized spacial score (nSPS) is 15.1. The standard InChI is InChI=1S/C14H31N3O.2ClH/c1-7-11(4)13(15)14(18)16-9-12(17(5)6)8-10(2)3;;/h10-13H,7-9,15H2,1-6H3,(H,16,18);2*1H. The minimum atomic E-state index is -0.392. The number of hydrogen-bond donors (Lipinski definition) is 2. The number of rotatable bonds is 8. The van der Waals surface area contributed by atoms with Crippen LogP contribution in [0.5, 0.6) is 0 Å². The first-order chi connectivity index (χ1) is 8.29. The fourth-order valence-corrected chi connectivity index (χ4v) is 1.87. The van der Waals surface area contributed by atoms with Gasteiger partial charge in [-0.3, -0.25) is 4.79 Å². The van der Waals surface area contributed by atoms with Gasteiger partial charge in [-0.2, -0.15) is 0 Å². The van der Waals surface area contributed by atoms with E-state index in [4.69, 9.17) is 5.73 Å². The van der Waals surface area contributed by atoms with Crippen LogP contribution in [0.15, 0.2) is 0 Å². The monoisotopic (exact) mass is 329 g/mol. The van der Waals surface area contributed by atoms with E-state index >= 15 is 0 Å². The van der Waals surface area contributed by atoms with Gasteiger partial charge in [0.15, 0.2) is 0 Å². The molecule has 3 N–H and O–H groups in total. The fraction of sp³-hybridized carbons (Fsp3) is 0.929. The molecule has 0 radical (unpaired) electrons. The van der Waals surface area contributed by atoms with Gasteiger partial charge in [-0.15, -0.1) is 24.8 Å². The summed E-state index contributed by atoms with van der Waals surface area (Å²) in [5, 5.41) is 2.98. The van der Waals surface area contributed by atoms with Crippen LogP contribution in [-0.2, 0) is 4.79 Å². The molecule has 0 aliphatic rings. The van der Waals surface area contributed by atoms with E-state index in [0.29, 0.717) is 18.5 Å². The molecule has 0 aromatic rings. The van der Waals surface area contributed by atoms with Crippen LogP contribution >= 0.6 is 24.8 Å². The van der Waals surface area contributed by atoms with E-state index in [1.54, 1.807) is 0 Å². The van der Waals surface area contributed by atoms with Crippen LogP contribution in [0.4, 0.5) is 0 Å². The van der Waals surface area contributed by atoms with Gasteiger partial charge in [-0.25, -0.2) is 0 Å². The van der Waals surface area contributed by atoms with Crippen molar-refractivity contribution in [3.05, 3.63) is 0 Å². The number of nitrogens with zero attached hydrogens (tertiary/aromatic N) is 1. The highest BCUT2D eigenvalue weighted by Crippen LogP contribution is 2.09. The van der Waals surface area contributed by atoms with Crippen molar-refractivity contribution in [1.82, 2.24) is 10.2 Å². The Hall–Kier alpha value is -0.0300. The molecule has 0 saturated heterocycles. The van der Waals surface area contributed by atoms with Crippen molar-refractivity contribution in [2.75, 3.05) is 20.6 Å². The number of carbonyl (C=O) groups is 1. The molecular formula is C14H33Cl2N3O. The van der Waals surface area contributed by atoms with Gasteiger partial charge in [0.1, 0.15) is 0 Å². The van der Waals surface area contributed by atoms with Gasteiger partial charge < -0.3 is 16.0 Å². The Bertz CT molecular complexity index is 251. The van der Waals surface area contributed by atoms with Gasteiger partial charge in [-0.1, -0.05) is 34.1 Å². The van der Waals surface area contributed by atoms with Gasteiger partial charge in [0.2, 0.25) is 5.91 Å². The largest absolute Gasteiger partial charge is 0.353 e. The second-order valence-electron chi connectivity index (χ2n) is 5.90. The Morgan fingerprint density at radius 1 is 1.20 bits per heavy atom. The lowest BCUT2D eigenvalue weighted by Crippen LogP contribution is -2.49. The quantitative estimate of drug-likeness (QED) is 0.718. The maximum Gasteiger partial charge on any atom is 0.237 e. The number of nitrogens with two attached hydrogens (primary N) is 1. The molecule has 0 saturated carbocycles. The molecule has 0 aliphatic carbocycles. The van der Waals surface area contributed by atoms with E-state index in [1.165, 1.54) is 0 Å². The summed E-state index contributed by atoms with van der Waals surface area (Å²) in [4.78, 5) is 14.1. The highest BCUT2D eigenvalue weighted by atomic mass is 35.5. The average molecular weight is 330 g/mol. The first kappa shape index (κ1) is 25.0. The van der Waals surface area contributed by atoms with Crippen LogP contribution < -0.4 is 11.1 Å². The van der Waals surface area contributed by atoms with E-state index in [0.717, 1.165) is 12.8 Å². The second kappa shape index (κ2) is 12.7. The highest BCUT2D eigenvalue weighted by Gasteiger charge is 2.21. The lowest BCUT2D eigenvalue weighted by Gasteiger charge is -2.27. The Balaban J connectivity index is -0.00000144. The van der Waals surface area contributed by atoms with Crippen molar-refractivity contribution in [3.8, 4) is 0 Å². The van der Waals surface area contributed by atoms with Crippen molar-refractivity contribution in [2.45, 2.75) is 52.6 Å². The van der Waals surface area contributed by atoms with Crippen molar-refractivity contribution < 1.29 is 4.79 Å². The number of likely N-dealkylation sites (N-methyl/N-ethyl adjacent to an activating group) is 1. The van der Waals surface area contributed by atoms with E-state index in [1.807, 2.05) is 21.0 Å². The van der Waals surface area contributed by atoms with Gasteiger partial charge in [0.05, 0.1) is 6.04 Å². The summed E-state index contributed by atoms with van der Waals surface area (Å²) in [5.41, 5.74) is 5.91. The number of carbonyl (C=O) groups excluding carboxylic acids is 1. The van der Waals surface area contributed by atoms with E-state index in [2.05, 4.69) is 31.0 Å². The molecule has 3 atom stereocenters. The zero-order valence-corrected chi connectivity index (χ0v) is 15.3. The van der Waals surface area contributed by atoms with Gasteiger partial charge >= 0.3 is 0 Å². The van der Waals surface area contributed by atoms with E-state index < -0.39 is 6.04 Å². The van der Waals surface area contributed by atoms with Crippen LogP contribution in [0.25, 0.3) is 0 Å². The third-order valence-corrected chi connectivity index (χ3v) is 3.55. The number of hydrogen-bond acceptors (Lipinski definition) is 3. The topological polar surface area (TPSA) is 58.4 Å². The third-order valence-electron chi connectivity index (χ3n) is 3.55. The molecule has 124 valence electrons. The third kappa shape index (κ3) is 9.81. The fourth-order valence-electron chi connectivity index (χ4n) is 1.87. The molecular weight excluding hydrogens is 297 g/mol. The van der Waals surface area contributed by atoms with Crippen LogP contribution in [0.2, 0.25) is 0 Å².